The highest BCUT2D eigenvalue weighted by molar-refractivity contribution is 14.0. The molecule has 1 aliphatic heterocycles. The molecule has 162 valence electrons. The van der Waals surface area contributed by atoms with E-state index >= 15 is 0 Å². The number of aromatic nitrogens is 3. The minimum atomic E-state index is 0. The van der Waals surface area contributed by atoms with Crippen molar-refractivity contribution in [1.29, 1.82) is 0 Å². The normalized spacial score (nSPS) is 26.6. The van der Waals surface area contributed by atoms with Crippen molar-refractivity contribution in [3.05, 3.63) is 36.2 Å². The van der Waals surface area contributed by atoms with Gasteiger partial charge in [0.25, 0.3) is 0 Å². The van der Waals surface area contributed by atoms with Crippen LogP contribution in [0.5, 0.6) is 0 Å². The van der Waals surface area contributed by atoms with Gasteiger partial charge in [0.15, 0.2) is 11.8 Å². The summed E-state index contributed by atoms with van der Waals surface area (Å²) in [5.74, 6) is 3.79. The van der Waals surface area contributed by atoms with Crippen LogP contribution in [0.25, 0.3) is 11.4 Å². The van der Waals surface area contributed by atoms with Crippen LogP contribution in [-0.2, 0) is 6.54 Å². The monoisotopic (exact) mass is 521 g/mol. The highest BCUT2D eigenvalue weighted by Crippen LogP contribution is 2.46. The first-order valence-corrected chi connectivity index (χ1v) is 10.9. The largest absolute Gasteiger partial charge is 0.352 e. The van der Waals surface area contributed by atoms with Gasteiger partial charge in [0.1, 0.15) is 6.33 Å². The number of benzene rings is 1. The third-order valence-corrected chi connectivity index (χ3v) is 7.06. The average Bonchev–Trinajstić information content (AvgIpc) is 3.53. The van der Waals surface area contributed by atoms with Crippen LogP contribution in [0, 0.1) is 11.8 Å². The van der Waals surface area contributed by atoms with Crippen LogP contribution in [0.4, 0.5) is 0 Å². The minimum Gasteiger partial charge on any atom is -0.352 e. The second-order valence-corrected chi connectivity index (χ2v) is 8.70. The molecule has 7 nitrogen and oxygen atoms in total. The number of fused-ring (bicyclic) bond motifs is 2. The third kappa shape index (κ3) is 4.49. The van der Waals surface area contributed by atoms with Crippen LogP contribution in [0.3, 0.4) is 0 Å². The fraction of sp³-hybridized carbons (Fsp3) is 0.591. The molecule has 3 aliphatic rings. The van der Waals surface area contributed by atoms with Crippen molar-refractivity contribution in [1.82, 2.24) is 30.3 Å². The van der Waals surface area contributed by atoms with Crippen LogP contribution in [0.1, 0.15) is 31.2 Å². The Morgan fingerprint density at radius 3 is 2.73 bits per heavy atom. The summed E-state index contributed by atoms with van der Waals surface area (Å²) in [6.45, 7) is 5.20. The Balaban J connectivity index is 0.00000218. The van der Waals surface area contributed by atoms with Gasteiger partial charge < -0.3 is 10.2 Å². The Bertz CT molecular complexity index is 845. The van der Waals surface area contributed by atoms with Crippen LogP contribution in [-0.4, -0.2) is 70.2 Å². The van der Waals surface area contributed by atoms with Crippen LogP contribution >= 0.6 is 24.0 Å². The topological polar surface area (TPSA) is 72.4 Å². The lowest BCUT2D eigenvalue weighted by Gasteiger charge is -2.42. The summed E-state index contributed by atoms with van der Waals surface area (Å²) in [5.41, 5.74) is 2.26. The van der Waals surface area contributed by atoms with Crippen LogP contribution < -0.4 is 5.32 Å². The number of hydrogen-bond acceptors (Lipinski definition) is 4. The Kier molecular flexibility index (Phi) is 6.92. The van der Waals surface area contributed by atoms with Gasteiger partial charge >= 0.3 is 0 Å². The summed E-state index contributed by atoms with van der Waals surface area (Å²) in [6.07, 6.45) is 7.42. The molecule has 1 aromatic carbocycles. The molecule has 3 unspecified atom stereocenters. The van der Waals surface area contributed by atoms with E-state index in [1.807, 2.05) is 13.1 Å². The number of H-pyrrole nitrogens is 1. The highest BCUT2D eigenvalue weighted by atomic mass is 127. The zero-order valence-electron chi connectivity index (χ0n) is 17.6. The molecule has 8 heteroatoms. The minimum absolute atomic E-state index is 0. The number of hydrogen-bond donors (Lipinski definition) is 2. The van der Waals surface area contributed by atoms with E-state index in [4.69, 9.17) is 0 Å². The summed E-state index contributed by atoms with van der Waals surface area (Å²) in [4.78, 5) is 14.0. The molecular formula is C22H32IN7. The molecule has 0 radical (unpaired) electrons. The highest BCUT2D eigenvalue weighted by Gasteiger charge is 2.42. The molecule has 1 aromatic heterocycles. The number of nitrogens with zero attached hydrogens (tertiary/aromatic N) is 5. The maximum Gasteiger partial charge on any atom is 0.194 e. The molecule has 2 aliphatic carbocycles. The second kappa shape index (κ2) is 9.64. The van der Waals surface area contributed by atoms with E-state index in [0.29, 0.717) is 0 Å². The number of nitrogens with one attached hydrogen (secondary N) is 2. The van der Waals surface area contributed by atoms with Crippen molar-refractivity contribution < 1.29 is 0 Å². The Labute approximate surface area is 195 Å². The smallest absolute Gasteiger partial charge is 0.194 e. The molecule has 3 fully saturated rings. The first kappa shape index (κ1) is 21.5. The summed E-state index contributed by atoms with van der Waals surface area (Å²) in [5, 5.41) is 10.4. The van der Waals surface area contributed by atoms with Gasteiger partial charge in [-0.2, -0.15) is 5.10 Å². The van der Waals surface area contributed by atoms with Crippen molar-refractivity contribution in [3.63, 3.8) is 0 Å². The van der Waals surface area contributed by atoms with E-state index in [-0.39, 0.29) is 24.0 Å². The van der Waals surface area contributed by atoms with Crippen molar-refractivity contribution in [2.24, 2.45) is 16.8 Å². The first-order valence-electron chi connectivity index (χ1n) is 10.9. The number of piperazine rings is 1. The van der Waals surface area contributed by atoms with E-state index in [1.54, 1.807) is 6.33 Å². The molecule has 2 saturated carbocycles. The molecule has 30 heavy (non-hydrogen) atoms. The van der Waals surface area contributed by atoms with E-state index in [0.717, 1.165) is 67.9 Å². The van der Waals surface area contributed by atoms with Gasteiger partial charge in [0.05, 0.1) is 0 Å². The molecule has 2 N–H and O–H groups in total. The lowest BCUT2D eigenvalue weighted by Crippen LogP contribution is -2.55. The SMILES string of the molecule is CN=C(NCc1cccc(-c2ncn[nH]2)c1)N1CCN(C2CC3CCC2C3)CC1.I. The summed E-state index contributed by atoms with van der Waals surface area (Å²) < 4.78 is 0. The van der Waals surface area contributed by atoms with Crippen LogP contribution in [0.2, 0.25) is 0 Å². The van der Waals surface area contributed by atoms with E-state index in [2.05, 4.69) is 53.5 Å². The predicted octanol–water partition coefficient (Wildman–Crippen LogP) is 2.97. The summed E-state index contributed by atoms with van der Waals surface area (Å²) in [6, 6.07) is 9.24. The second-order valence-electron chi connectivity index (χ2n) is 8.70. The van der Waals surface area contributed by atoms with Gasteiger partial charge in [0, 0.05) is 51.4 Å². The number of aliphatic imine (C=N–C) groups is 1. The van der Waals surface area contributed by atoms with Gasteiger partial charge in [0.2, 0.25) is 0 Å². The molecular weight excluding hydrogens is 489 g/mol. The molecule has 2 aromatic rings. The summed E-state index contributed by atoms with van der Waals surface area (Å²) in [7, 11) is 1.88. The molecule has 0 amide bonds. The van der Waals surface area contributed by atoms with Crippen molar-refractivity contribution in [2.45, 2.75) is 38.3 Å². The lowest BCUT2D eigenvalue weighted by atomic mass is 9.93. The first-order chi connectivity index (χ1) is 14.3. The van der Waals surface area contributed by atoms with Crippen molar-refractivity contribution >= 4 is 29.9 Å². The molecule has 0 spiro atoms. The van der Waals surface area contributed by atoms with E-state index in [1.165, 1.54) is 31.2 Å². The fourth-order valence-electron chi connectivity index (χ4n) is 5.61. The Morgan fingerprint density at radius 1 is 1.20 bits per heavy atom. The standard InChI is InChI=1S/C22H31N7.HI/c1-23-22(24-14-17-3-2-4-19(12-17)21-25-15-26-27-21)29-9-7-28(8-10-29)20-13-16-5-6-18(20)11-16;/h2-4,12,15-16,18,20H,5-11,13-14H2,1H3,(H,23,24)(H,25,26,27);1H. The maximum atomic E-state index is 4.54. The van der Waals surface area contributed by atoms with Gasteiger partial charge in [-0.25, -0.2) is 4.98 Å². The van der Waals surface area contributed by atoms with Gasteiger partial charge in [-0.1, -0.05) is 24.6 Å². The number of aromatic amines is 1. The number of rotatable bonds is 4. The summed E-state index contributed by atoms with van der Waals surface area (Å²) >= 11 is 0. The predicted molar refractivity (Wildman–Crippen MR) is 130 cm³/mol. The Hall–Kier alpha value is -1.68. The third-order valence-electron chi connectivity index (χ3n) is 7.06. The fourth-order valence-corrected chi connectivity index (χ4v) is 5.61. The maximum absolute atomic E-state index is 4.54. The zero-order valence-corrected chi connectivity index (χ0v) is 20.0. The van der Waals surface area contributed by atoms with E-state index < -0.39 is 0 Å². The molecule has 5 rings (SSSR count). The zero-order chi connectivity index (χ0) is 19.6. The van der Waals surface area contributed by atoms with Crippen molar-refractivity contribution in [2.75, 3.05) is 33.2 Å². The number of guanidine groups is 1. The van der Waals surface area contributed by atoms with Gasteiger partial charge in [-0.15, -0.1) is 24.0 Å². The van der Waals surface area contributed by atoms with E-state index in [9.17, 15) is 0 Å². The van der Waals surface area contributed by atoms with Crippen molar-refractivity contribution in [3.8, 4) is 11.4 Å². The molecule has 2 bridgehead atoms. The molecule has 2 heterocycles. The average molecular weight is 521 g/mol. The van der Waals surface area contributed by atoms with Crippen LogP contribution in [0.15, 0.2) is 35.6 Å². The quantitative estimate of drug-likeness (QED) is 0.368. The molecule has 3 atom stereocenters. The Morgan fingerprint density at radius 2 is 2.07 bits per heavy atom. The van der Waals surface area contributed by atoms with Gasteiger partial charge in [-0.05, 0) is 42.7 Å². The molecule has 1 saturated heterocycles. The van der Waals surface area contributed by atoms with Gasteiger partial charge in [-0.3, -0.25) is 15.0 Å². The lowest BCUT2D eigenvalue weighted by molar-refractivity contribution is 0.0958. The number of halogens is 1.